The molecule has 0 unspecified atom stereocenters. The number of aromatic nitrogens is 2. The van der Waals surface area contributed by atoms with Crippen LogP contribution in [0.5, 0.6) is 0 Å². The van der Waals surface area contributed by atoms with E-state index in [1.165, 1.54) is 0 Å². The molecule has 3 rings (SSSR count). The Morgan fingerprint density at radius 1 is 1.21 bits per heavy atom. The number of likely N-dealkylation sites (N-methyl/N-ethyl adjacent to an activating group) is 1. The fourth-order valence-corrected chi connectivity index (χ4v) is 4.22. The zero-order chi connectivity index (χ0) is 20.4. The molecule has 2 aliphatic rings. The van der Waals surface area contributed by atoms with Crippen LogP contribution in [0.4, 0.5) is 0 Å². The van der Waals surface area contributed by atoms with Gasteiger partial charge >= 0.3 is 0 Å². The number of carbonyl (C=O) groups is 2. The van der Waals surface area contributed by atoms with Crippen LogP contribution < -0.4 is 0 Å². The molecule has 0 aromatic carbocycles. The molecule has 7 heteroatoms. The maximum atomic E-state index is 13.4. The topological polar surface area (TPSA) is 61.7 Å². The highest BCUT2D eigenvalue weighted by Crippen LogP contribution is 2.23. The Morgan fingerprint density at radius 2 is 1.89 bits per heavy atom. The Hall–Kier alpha value is -1.89. The molecule has 1 aromatic heterocycles. The molecule has 0 spiro atoms. The Bertz CT molecular complexity index is 680. The average molecular weight is 390 g/mol. The van der Waals surface area contributed by atoms with Crippen LogP contribution in [0.3, 0.4) is 0 Å². The fourth-order valence-electron chi connectivity index (χ4n) is 4.22. The van der Waals surface area contributed by atoms with Gasteiger partial charge in [-0.05, 0) is 45.3 Å². The molecule has 3 heterocycles. The standard InChI is InChI=1S/C21H35N5O2/c1-15(2)6-11-25(17-7-9-24(10-8-17)16(3)27)21(28)20-13-18-12-19(23(4)5)14-26(18)22-20/h13,15,17,19H,6-12,14H2,1-5H3/t19-/m0/s1. The van der Waals surface area contributed by atoms with Crippen molar-refractivity contribution in [3.05, 3.63) is 17.5 Å². The summed E-state index contributed by atoms with van der Waals surface area (Å²) in [6.45, 7) is 9.06. The minimum absolute atomic E-state index is 0.0465. The van der Waals surface area contributed by atoms with Crippen LogP contribution in [-0.4, -0.2) is 82.1 Å². The summed E-state index contributed by atoms with van der Waals surface area (Å²) >= 11 is 0. The smallest absolute Gasteiger partial charge is 0.274 e. The Balaban J connectivity index is 1.71. The first-order chi connectivity index (χ1) is 13.3. The number of likely N-dealkylation sites (tertiary alicyclic amines) is 1. The molecule has 2 amide bonds. The van der Waals surface area contributed by atoms with E-state index in [2.05, 4.69) is 37.9 Å². The zero-order valence-electron chi connectivity index (χ0n) is 18.0. The van der Waals surface area contributed by atoms with Crippen molar-refractivity contribution in [3.63, 3.8) is 0 Å². The molecule has 1 saturated heterocycles. The summed E-state index contributed by atoms with van der Waals surface area (Å²) in [5.41, 5.74) is 1.72. The van der Waals surface area contributed by atoms with Gasteiger partial charge in [0.25, 0.3) is 5.91 Å². The molecule has 1 aromatic rings. The third kappa shape index (κ3) is 4.57. The Kier molecular flexibility index (Phi) is 6.43. The zero-order valence-corrected chi connectivity index (χ0v) is 18.0. The molecule has 0 saturated carbocycles. The van der Waals surface area contributed by atoms with Crippen LogP contribution in [-0.2, 0) is 17.8 Å². The van der Waals surface area contributed by atoms with E-state index in [0.29, 0.717) is 17.7 Å². The molecule has 0 bridgehead atoms. The van der Waals surface area contributed by atoms with Crippen LogP contribution in [0.25, 0.3) is 0 Å². The van der Waals surface area contributed by atoms with Crippen LogP contribution >= 0.6 is 0 Å². The van der Waals surface area contributed by atoms with Crippen molar-refractivity contribution in [2.24, 2.45) is 5.92 Å². The monoisotopic (exact) mass is 389 g/mol. The maximum Gasteiger partial charge on any atom is 0.274 e. The minimum atomic E-state index is 0.0465. The highest BCUT2D eigenvalue weighted by molar-refractivity contribution is 5.92. The lowest BCUT2D eigenvalue weighted by Crippen LogP contribution is -2.49. The molecule has 1 atom stereocenters. The molecule has 0 aliphatic carbocycles. The third-order valence-corrected chi connectivity index (χ3v) is 6.20. The Labute approximate surface area is 168 Å². The minimum Gasteiger partial charge on any atom is -0.343 e. The van der Waals surface area contributed by atoms with Gasteiger partial charge in [0.2, 0.25) is 5.91 Å². The van der Waals surface area contributed by atoms with Gasteiger partial charge in [-0.15, -0.1) is 0 Å². The summed E-state index contributed by atoms with van der Waals surface area (Å²) < 4.78 is 2.00. The summed E-state index contributed by atoms with van der Waals surface area (Å²) in [6.07, 6.45) is 3.62. The van der Waals surface area contributed by atoms with Gasteiger partial charge in [0.1, 0.15) is 0 Å². The van der Waals surface area contributed by atoms with E-state index in [-0.39, 0.29) is 17.9 Å². The van der Waals surface area contributed by atoms with Gasteiger partial charge in [-0.1, -0.05) is 13.8 Å². The average Bonchev–Trinajstić information content (AvgIpc) is 3.21. The lowest BCUT2D eigenvalue weighted by atomic mass is 10.0. The number of nitrogens with zero attached hydrogens (tertiary/aromatic N) is 5. The number of hydrogen-bond donors (Lipinski definition) is 0. The third-order valence-electron chi connectivity index (χ3n) is 6.20. The number of amides is 2. The molecule has 0 N–H and O–H groups in total. The molecule has 1 fully saturated rings. The van der Waals surface area contributed by atoms with Crippen molar-refractivity contribution in [2.75, 3.05) is 33.7 Å². The largest absolute Gasteiger partial charge is 0.343 e. The van der Waals surface area contributed by atoms with Gasteiger partial charge in [-0.25, -0.2) is 0 Å². The summed E-state index contributed by atoms with van der Waals surface area (Å²) in [5.74, 6) is 0.713. The highest BCUT2D eigenvalue weighted by Gasteiger charge is 2.32. The lowest BCUT2D eigenvalue weighted by molar-refractivity contribution is -0.130. The fraction of sp³-hybridized carbons (Fsp3) is 0.762. The van der Waals surface area contributed by atoms with Gasteiger partial charge < -0.3 is 14.7 Å². The summed E-state index contributed by atoms with van der Waals surface area (Å²) in [7, 11) is 4.18. The van der Waals surface area contributed by atoms with Crippen molar-refractivity contribution >= 4 is 11.8 Å². The van der Waals surface area contributed by atoms with Gasteiger partial charge in [-0.2, -0.15) is 5.10 Å². The molecule has 156 valence electrons. The predicted molar refractivity (Wildman–Crippen MR) is 109 cm³/mol. The van der Waals surface area contributed by atoms with Crippen molar-refractivity contribution in [1.29, 1.82) is 0 Å². The Morgan fingerprint density at radius 3 is 2.43 bits per heavy atom. The summed E-state index contributed by atoms with van der Waals surface area (Å²) in [4.78, 5) is 31.1. The predicted octanol–water partition coefficient (Wildman–Crippen LogP) is 1.87. The molecular formula is C21H35N5O2. The maximum absolute atomic E-state index is 13.4. The van der Waals surface area contributed by atoms with Crippen molar-refractivity contribution < 1.29 is 9.59 Å². The van der Waals surface area contributed by atoms with E-state index in [0.717, 1.165) is 57.6 Å². The molecule has 0 radical (unpaired) electrons. The summed E-state index contributed by atoms with van der Waals surface area (Å²) in [5, 5.41) is 4.64. The van der Waals surface area contributed by atoms with E-state index in [1.807, 2.05) is 20.5 Å². The van der Waals surface area contributed by atoms with E-state index < -0.39 is 0 Å². The number of fused-ring (bicyclic) bond motifs is 1. The highest BCUT2D eigenvalue weighted by atomic mass is 16.2. The second-order valence-electron chi connectivity index (χ2n) is 8.94. The van der Waals surface area contributed by atoms with Gasteiger partial charge in [-0.3, -0.25) is 14.3 Å². The van der Waals surface area contributed by atoms with Gasteiger partial charge in [0.15, 0.2) is 5.69 Å². The van der Waals surface area contributed by atoms with Crippen molar-refractivity contribution in [1.82, 2.24) is 24.5 Å². The quantitative estimate of drug-likeness (QED) is 0.745. The SMILES string of the molecule is CC(=O)N1CCC(N(CCC(C)C)C(=O)c2cc3n(n2)C[C@@H](N(C)C)C3)CC1. The van der Waals surface area contributed by atoms with Crippen LogP contribution in [0.1, 0.15) is 56.2 Å². The number of carbonyl (C=O) groups excluding carboxylic acids is 2. The van der Waals surface area contributed by atoms with Crippen LogP contribution in [0.2, 0.25) is 0 Å². The summed E-state index contributed by atoms with van der Waals surface area (Å²) in [6, 6.07) is 2.63. The van der Waals surface area contributed by atoms with Crippen molar-refractivity contribution in [2.45, 2.75) is 65.1 Å². The second kappa shape index (κ2) is 8.64. The van der Waals surface area contributed by atoms with Crippen LogP contribution in [0.15, 0.2) is 6.07 Å². The second-order valence-corrected chi connectivity index (χ2v) is 8.94. The van der Waals surface area contributed by atoms with Gasteiger partial charge in [0, 0.05) is 50.8 Å². The molecule has 2 aliphatic heterocycles. The van der Waals surface area contributed by atoms with E-state index in [4.69, 9.17) is 0 Å². The van der Waals surface area contributed by atoms with Gasteiger partial charge in [0.05, 0.1) is 6.54 Å². The number of hydrogen-bond acceptors (Lipinski definition) is 4. The van der Waals surface area contributed by atoms with Crippen LogP contribution in [0, 0.1) is 5.92 Å². The normalized spacial score (nSPS) is 20.1. The molecule has 28 heavy (non-hydrogen) atoms. The lowest BCUT2D eigenvalue weighted by Gasteiger charge is -2.38. The first kappa shape index (κ1) is 20.8. The molecular weight excluding hydrogens is 354 g/mol. The molecule has 7 nitrogen and oxygen atoms in total. The first-order valence-electron chi connectivity index (χ1n) is 10.6. The first-order valence-corrected chi connectivity index (χ1v) is 10.6. The van der Waals surface area contributed by atoms with Crippen molar-refractivity contribution in [3.8, 4) is 0 Å². The number of piperidine rings is 1. The van der Waals surface area contributed by atoms with E-state index >= 15 is 0 Å². The van der Waals surface area contributed by atoms with E-state index in [1.54, 1.807) is 6.92 Å². The number of rotatable bonds is 6. The van der Waals surface area contributed by atoms with E-state index in [9.17, 15) is 9.59 Å².